The van der Waals surface area contributed by atoms with E-state index in [0.717, 1.165) is 11.3 Å². The van der Waals surface area contributed by atoms with Crippen LogP contribution in [0, 0.1) is 0 Å². The summed E-state index contributed by atoms with van der Waals surface area (Å²) in [5, 5.41) is 10.3. The zero-order valence-electron chi connectivity index (χ0n) is 9.31. The first kappa shape index (κ1) is 12.6. The highest BCUT2D eigenvalue weighted by atomic mass is 32.1. The van der Waals surface area contributed by atoms with Gasteiger partial charge in [-0.25, -0.2) is 9.78 Å². The lowest BCUT2D eigenvalue weighted by molar-refractivity contribution is -0.136. The van der Waals surface area contributed by atoms with Crippen LogP contribution in [0.25, 0.3) is 0 Å². The molecule has 0 fully saturated rings. The molecule has 0 aliphatic heterocycles. The minimum atomic E-state index is -0.971. The predicted molar refractivity (Wildman–Crippen MR) is 58.6 cm³/mol. The zero-order valence-corrected chi connectivity index (χ0v) is 10.1. The molecule has 0 amide bonds. The minimum absolute atomic E-state index is 0.181. The van der Waals surface area contributed by atoms with Gasteiger partial charge in [-0.1, -0.05) is 0 Å². The van der Waals surface area contributed by atoms with E-state index < -0.39 is 17.5 Å². The molecular weight excluding hydrogens is 230 g/mol. The summed E-state index contributed by atoms with van der Waals surface area (Å²) >= 11 is 1.09. The smallest absolute Gasteiger partial charge is 0.367 e. The average molecular weight is 243 g/mol. The van der Waals surface area contributed by atoms with Crippen LogP contribution in [0.5, 0.6) is 0 Å². The van der Waals surface area contributed by atoms with E-state index in [-0.39, 0.29) is 11.4 Å². The van der Waals surface area contributed by atoms with Crippen LogP contribution in [0.3, 0.4) is 0 Å². The summed E-state index contributed by atoms with van der Waals surface area (Å²) in [5.41, 5.74) is -0.200. The molecular formula is C10H13NO4S. The van der Waals surface area contributed by atoms with E-state index in [1.54, 1.807) is 26.2 Å². The minimum Gasteiger partial charge on any atom is -0.481 e. The third-order valence-electron chi connectivity index (χ3n) is 1.46. The normalized spacial score (nSPS) is 11.2. The van der Waals surface area contributed by atoms with Gasteiger partial charge in [0.15, 0.2) is 0 Å². The third kappa shape index (κ3) is 3.98. The molecule has 1 N–H and O–H groups in total. The number of hydrogen-bond donors (Lipinski definition) is 1. The molecule has 1 heterocycles. The number of ether oxygens (including phenoxy) is 1. The highest BCUT2D eigenvalue weighted by Crippen LogP contribution is 2.16. The molecule has 0 aromatic carbocycles. The third-order valence-corrected chi connectivity index (χ3v) is 2.33. The van der Waals surface area contributed by atoms with E-state index in [4.69, 9.17) is 9.84 Å². The summed E-state index contributed by atoms with van der Waals surface area (Å²) in [7, 11) is 0. The van der Waals surface area contributed by atoms with Crippen molar-refractivity contribution in [3.8, 4) is 0 Å². The number of carbonyl (C=O) groups excluding carboxylic acids is 1. The Morgan fingerprint density at radius 2 is 2.12 bits per heavy atom. The number of esters is 1. The maximum Gasteiger partial charge on any atom is 0.367 e. The number of carbonyl (C=O) groups is 2. The van der Waals surface area contributed by atoms with Crippen LogP contribution in [-0.4, -0.2) is 27.6 Å². The molecule has 0 atom stereocenters. The number of carboxylic acid groups (broad SMARTS) is 1. The van der Waals surface area contributed by atoms with Crippen molar-refractivity contribution in [3.05, 3.63) is 16.1 Å². The fraction of sp³-hybridized carbons (Fsp3) is 0.500. The summed E-state index contributed by atoms with van der Waals surface area (Å²) in [6, 6.07) is 0. The first-order chi connectivity index (χ1) is 7.28. The summed E-state index contributed by atoms with van der Waals surface area (Å²) < 4.78 is 5.10. The number of aromatic nitrogens is 1. The molecule has 16 heavy (non-hydrogen) atoms. The van der Waals surface area contributed by atoms with Gasteiger partial charge in [-0.2, -0.15) is 0 Å². The number of carboxylic acids is 1. The molecule has 0 aliphatic rings. The van der Waals surface area contributed by atoms with Crippen molar-refractivity contribution in [1.29, 1.82) is 0 Å². The van der Waals surface area contributed by atoms with E-state index in [1.165, 1.54) is 0 Å². The molecule has 0 saturated heterocycles. The van der Waals surface area contributed by atoms with E-state index in [2.05, 4.69) is 4.98 Å². The fourth-order valence-electron chi connectivity index (χ4n) is 0.959. The SMILES string of the molecule is CC(C)(C)OC(=O)c1nc(CC(=O)O)cs1. The quantitative estimate of drug-likeness (QED) is 0.818. The lowest BCUT2D eigenvalue weighted by Gasteiger charge is -2.18. The van der Waals surface area contributed by atoms with Crippen molar-refractivity contribution in [3.63, 3.8) is 0 Å². The van der Waals surface area contributed by atoms with Crippen LogP contribution < -0.4 is 0 Å². The van der Waals surface area contributed by atoms with Crippen molar-refractivity contribution in [2.24, 2.45) is 0 Å². The Balaban J connectivity index is 2.71. The lowest BCUT2D eigenvalue weighted by Crippen LogP contribution is -2.23. The molecule has 5 nitrogen and oxygen atoms in total. The van der Waals surface area contributed by atoms with Crippen LogP contribution in [0.4, 0.5) is 0 Å². The Morgan fingerprint density at radius 1 is 1.50 bits per heavy atom. The highest BCUT2D eigenvalue weighted by Gasteiger charge is 2.20. The first-order valence-electron chi connectivity index (χ1n) is 4.67. The zero-order chi connectivity index (χ0) is 12.3. The Morgan fingerprint density at radius 3 is 2.62 bits per heavy atom. The highest BCUT2D eigenvalue weighted by molar-refractivity contribution is 7.11. The summed E-state index contributed by atoms with van der Waals surface area (Å²) in [5.74, 6) is -1.49. The number of aliphatic carboxylic acids is 1. The molecule has 6 heteroatoms. The Bertz CT molecular complexity index is 405. The standard InChI is InChI=1S/C10H13NO4S/c1-10(2,3)15-9(14)8-11-6(5-16-8)4-7(12)13/h5H,4H2,1-3H3,(H,12,13). The van der Waals surface area contributed by atoms with Crippen LogP contribution in [-0.2, 0) is 16.0 Å². The lowest BCUT2D eigenvalue weighted by atomic mass is 10.2. The molecule has 0 unspecified atom stereocenters. The molecule has 88 valence electrons. The van der Waals surface area contributed by atoms with Gasteiger partial charge in [0.1, 0.15) is 5.60 Å². The van der Waals surface area contributed by atoms with E-state index in [1.807, 2.05) is 0 Å². The maximum absolute atomic E-state index is 11.5. The average Bonchev–Trinajstić information content (AvgIpc) is 2.48. The van der Waals surface area contributed by atoms with Crippen LogP contribution in [0.1, 0.15) is 36.3 Å². The van der Waals surface area contributed by atoms with Crippen LogP contribution in [0.15, 0.2) is 5.38 Å². The summed E-state index contributed by atoms with van der Waals surface area (Å²) in [6.45, 7) is 5.28. The number of thiazole rings is 1. The number of rotatable bonds is 3. The second-order valence-electron chi connectivity index (χ2n) is 4.22. The molecule has 0 radical (unpaired) electrons. The predicted octanol–water partition coefficient (Wildman–Crippen LogP) is 1.73. The molecule has 0 aliphatic carbocycles. The van der Waals surface area contributed by atoms with Crippen LogP contribution >= 0.6 is 11.3 Å². The van der Waals surface area contributed by atoms with Gasteiger partial charge in [0.05, 0.1) is 12.1 Å². The Hall–Kier alpha value is -1.43. The molecule has 0 saturated carbocycles. The molecule has 1 aromatic rings. The molecule has 1 rings (SSSR count). The van der Waals surface area contributed by atoms with Crippen molar-refractivity contribution < 1.29 is 19.4 Å². The number of nitrogens with zero attached hydrogens (tertiary/aromatic N) is 1. The van der Waals surface area contributed by atoms with Gasteiger partial charge in [0.2, 0.25) is 5.01 Å². The van der Waals surface area contributed by atoms with Gasteiger partial charge in [-0.05, 0) is 20.8 Å². The van der Waals surface area contributed by atoms with Gasteiger partial charge < -0.3 is 9.84 Å². The monoisotopic (exact) mass is 243 g/mol. The van der Waals surface area contributed by atoms with Crippen molar-refractivity contribution in [1.82, 2.24) is 4.98 Å². The van der Waals surface area contributed by atoms with Gasteiger partial charge in [0.25, 0.3) is 0 Å². The molecule has 0 bridgehead atoms. The maximum atomic E-state index is 11.5. The second-order valence-corrected chi connectivity index (χ2v) is 5.07. The van der Waals surface area contributed by atoms with Crippen molar-refractivity contribution >= 4 is 23.3 Å². The largest absolute Gasteiger partial charge is 0.481 e. The summed E-state index contributed by atoms with van der Waals surface area (Å²) in [4.78, 5) is 25.9. The second kappa shape index (κ2) is 4.61. The summed E-state index contributed by atoms with van der Waals surface area (Å²) in [6.07, 6.45) is -0.181. The topological polar surface area (TPSA) is 76.5 Å². The Labute approximate surface area is 97.1 Å². The van der Waals surface area contributed by atoms with E-state index in [9.17, 15) is 9.59 Å². The van der Waals surface area contributed by atoms with Crippen molar-refractivity contribution in [2.45, 2.75) is 32.8 Å². The molecule has 0 spiro atoms. The molecule has 1 aromatic heterocycles. The van der Waals surface area contributed by atoms with E-state index in [0.29, 0.717) is 5.69 Å². The number of hydrogen-bond acceptors (Lipinski definition) is 5. The van der Waals surface area contributed by atoms with E-state index >= 15 is 0 Å². The fourth-order valence-corrected chi connectivity index (χ4v) is 1.65. The van der Waals surface area contributed by atoms with Crippen molar-refractivity contribution in [2.75, 3.05) is 0 Å². The van der Waals surface area contributed by atoms with Gasteiger partial charge >= 0.3 is 11.9 Å². The van der Waals surface area contributed by atoms with Crippen LogP contribution in [0.2, 0.25) is 0 Å². The van der Waals surface area contributed by atoms with Gasteiger partial charge in [-0.3, -0.25) is 4.79 Å². The first-order valence-corrected chi connectivity index (χ1v) is 5.55. The van der Waals surface area contributed by atoms with Gasteiger partial charge in [-0.15, -0.1) is 11.3 Å². The Kier molecular flexibility index (Phi) is 3.64. The van der Waals surface area contributed by atoms with Gasteiger partial charge in [0, 0.05) is 5.38 Å².